The van der Waals surface area contributed by atoms with Crippen molar-refractivity contribution in [3.05, 3.63) is 106 Å². The molecule has 2 heterocycles. The summed E-state index contributed by atoms with van der Waals surface area (Å²) in [5.74, 6) is -2.04. The summed E-state index contributed by atoms with van der Waals surface area (Å²) >= 11 is 0. The molecule has 0 saturated carbocycles. The lowest BCUT2D eigenvalue weighted by Crippen LogP contribution is -2.48. The molecule has 0 N–H and O–H groups in total. The van der Waals surface area contributed by atoms with Crippen LogP contribution in [-0.2, 0) is 6.42 Å². The minimum Gasteiger partial charge on any atom is -0.269 e. The van der Waals surface area contributed by atoms with Crippen LogP contribution in [0.4, 0.5) is 4.39 Å². The van der Waals surface area contributed by atoms with Crippen molar-refractivity contribution in [3.63, 3.8) is 0 Å². The molecule has 0 bridgehead atoms. The minimum atomic E-state index is -0.422. The van der Waals surface area contributed by atoms with Crippen LogP contribution in [0.2, 0.25) is 0 Å². The number of amides is 4. The molecule has 170 valence electrons. The van der Waals surface area contributed by atoms with Gasteiger partial charge in [0.25, 0.3) is 23.6 Å². The van der Waals surface area contributed by atoms with Gasteiger partial charge in [0.05, 0.1) is 35.6 Å². The molecule has 2 aliphatic rings. The molecule has 7 nitrogen and oxygen atoms in total. The van der Waals surface area contributed by atoms with Gasteiger partial charge >= 0.3 is 0 Å². The number of imide groups is 2. The third kappa shape index (κ3) is 3.78. The van der Waals surface area contributed by atoms with Gasteiger partial charge in [-0.15, -0.1) is 0 Å². The lowest BCUT2D eigenvalue weighted by Gasteiger charge is -2.29. The Bertz CT molecular complexity index is 1170. The van der Waals surface area contributed by atoms with Gasteiger partial charge in [-0.2, -0.15) is 0 Å². The molecular formula is C26H20FN3O4. The molecule has 8 heteroatoms. The van der Waals surface area contributed by atoms with Gasteiger partial charge in [0, 0.05) is 6.54 Å². The number of fused-ring (bicyclic) bond motifs is 2. The highest BCUT2D eigenvalue weighted by Crippen LogP contribution is 2.25. The van der Waals surface area contributed by atoms with Gasteiger partial charge in [0.2, 0.25) is 0 Å². The molecule has 2 aliphatic heterocycles. The van der Waals surface area contributed by atoms with Crippen LogP contribution in [0, 0.1) is 5.82 Å². The van der Waals surface area contributed by atoms with E-state index in [9.17, 15) is 23.6 Å². The highest BCUT2D eigenvalue weighted by Gasteiger charge is 2.39. The average molecular weight is 457 g/mol. The standard InChI is InChI=1S/C26H20FN3O4/c27-18-11-9-17(10-12-18)13-14-28(15-29-23(31)19-5-1-2-6-20(19)24(29)32)16-30-25(33)21-7-3-4-8-22(21)26(30)34/h1-12H,13-16H2. The maximum atomic E-state index is 13.3. The van der Waals surface area contributed by atoms with E-state index < -0.39 is 23.6 Å². The first-order valence-electron chi connectivity index (χ1n) is 10.8. The van der Waals surface area contributed by atoms with Crippen LogP contribution in [0.15, 0.2) is 72.8 Å². The Morgan fingerprint density at radius 2 is 0.971 bits per heavy atom. The molecule has 0 aromatic heterocycles. The second-order valence-electron chi connectivity index (χ2n) is 8.22. The number of hydrogen-bond acceptors (Lipinski definition) is 5. The van der Waals surface area contributed by atoms with E-state index in [1.807, 2.05) is 0 Å². The van der Waals surface area contributed by atoms with Crippen molar-refractivity contribution in [2.24, 2.45) is 0 Å². The van der Waals surface area contributed by atoms with Crippen LogP contribution in [0.5, 0.6) is 0 Å². The van der Waals surface area contributed by atoms with E-state index in [2.05, 4.69) is 0 Å². The van der Waals surface area contributed by atoms with Crippen LogP contribution in [-0.4, -0.2) is 58.2 Å². The van der Waals surface area contributed by atoms with E-state index in [1.165, 1.54) is 12.1 Å². The largest absolute Gasteiger partial charge is 0.269 e. The zero-order valence-electron chi connectivity index (χ0n) is 18.1. The highest BCUT2D eigenvalue weighted by molar-refractivity contribution is 6.22. The Labute approximate surface area is 195 Å². The van der Waals surface area contributed by atoms with Crippen molar-refractivity contribution < 1.29 is 23.6 Å². The first kappa shape index (κ1) is 21.7. The maximum Gasteiger partial charge on any atom is 0.262 e. The number of rotatable bonds is 7. The molecule has 0 atom stereocenters. The van der Waals surface area contributed by atoms with Gasteiger partial charge in [-0.05, 0) is 48.4 Å². The van der Waals surface area contributed by atoms with Crippen LogP contribution >= 0.6 is 0 Å². The number of nitrogens with zero attached hydrogens (tertiary/aromatic N) is 3. The zero-order chi connectivity index (χ0) is 23.8. The van der Waals surface area contributed by atoms with Gasteiger partial charge < -0.3 is 0 Å². The summed E-state index contributed by atoms with van der Waals surface area (Å²) in [5.41, 5.74) is 2.15. The van der Waals surface area contributed by atoms with Gasteiger partial charge in [0.15, 0.2) is 0 Å². The molecule has 3 aromatic rings. The van der Waals surface area contributed by atoms with Crippen molar-refractivity contribution in [1.82, 2.24) is 14.7 Å². The van der Waals surface area contributed by atoms with Gasteiger partial charge in [-0.25, -0.2) is 4.39 Å². The summed E-state index contributed by atoms with van der Waals surface area (Å²) in [6, 6.07) is 19.2. The Kier molecular flexibility index (Phi) is 5.51. The number of carbonyl (C=O) groups excluding carboxylic acids is 4. The van der Waals surface area contributed by atoms with Crippen molar-refractivity contribution >= 4 is 23.6 Å². The fraction of sp³-hybridized carbons (Fsp3) is 0.154. The topological polar surface area (TPSA) is 78.0 Å². The van der Waals surface area contributed by atoms with Crippen molar-refractivity contribution in [3.8, 4) is 0 Å². The Morgan fingerprint density at radius 3 is 1.35 bits per heavy atom. The smallest absolute Gasteiger partial charge is 0.262 e. The summed E-state index contributed by atoms with van der Waals surface area (Å²) in [5, 5.41) is 0. The Balaban J connectivity index is 1.38. The minimum absolute atomic E-state index is 0.0963. The van der Waals surface area contributed by atoms with Gasteiger partial charge in [-0.3, -0.25) is 33.9 Å². The summed E-state index contributed by atoms with van der Waals surface area (Å²) in [7, 11) is 0. The average Bonchev–Trinajstić information content (AvgIpc) is 3.24. The third-order valence-corrected chi connectivity index (χ3v) is 6.07. The maximum absolute atomic E-state index is 13.3. The predicted molar refractivity (Wildman–Crippen MR) is 120 cm³/mol. The van der Waals surface area contributed by atoms with Crippen LogP contribution in [0.3, 0.4) is 0 Å². The van der Waals surface area contributed by atoms with E-state index in [4.69, 9.17) is 0 Å². The van der Waals surface area contributed by atoms with Crippen molar-refractivity contribution in [2.45, 2.75) is 6.42 Å². The van der Waals surface area contributed by atoms with E-state index in [0.717, 1.165) is 15.4 Å². The predicted octanol–water partition coefficient (Wildman–Crippen LogP) is 3.18. The lowest BCUT2D eigenvalue weighted by molar-refractivity contribution is 0.0399. The quantitative estimate of drug-likeness (QED) is 0.510. The summed E-state index contributed by atoms with van der Waals surface area (Å²) < 4.78 is 13.3. The van der Waals surface area contributed by atoms with Crippen LogP contribution in [0.25, 0.3) is 0 Å². The van der Waals surface area contributed by atoms with Gasteiger partial charge in [0.1, 0.15) is 5.82 Å². The highest BCUT2D eigenvalue weighted by atomic mass is 19.1. The molecule has 0 aliphatic carbocycles. The fourth-order valence-electron chi connectivity index (χ4n) is 4.26. The molecule has 5 rings (SSSR count). The lowest BCUT2D eigenvalue weighted by atomic mass is 10.1. The number of benzene rings is 3. The molecule has 0 saturated heterocycles. The number of halogens is 1. The molecule has 34 heavy (non-hydrogen) atoms. The number of carbonyl (C=O) groups is 4. The monoisotopic (exact) mass is 457 g/mol. The molecule has 0 spiro atoms. The number of hydrogen-bond donors (Lipinski definition) is 0. The molecular weight excluding hydrogens is 437 g/mol. The third-order valence-electron chi connectivity index (χ3n) is 6.07. The SMILES string of the molecule is O=C1c2ccccc2C(=O)N1CN(CCc1ccc(F)cc1)CN1C(=O)c2ccccc2C1=O. The second-order valence-corrected chi connectivity index (χ2v) is 8.22. The normalized spacial score (nSPS) is 14.9. The van der Waals surface area contributed by atoms with Crippen LogP contribution in [0.1, 0.15) is 47.0 Å². The molecule has 0 unspecified atom stereocenters. The summed E-state index contributed by atoms with van der Waals surface area (Å²) in [6.07, 6.45) is 0.465. The first-order valence-corrected chi connectivity index (χ1v) is 10.8. The molecule has 0 radical (unpaired) electrons. The summed E-state index contributed by atoms with van der Waals surface area (Å²) in [6.45, 7) is 0.133. The summed E-state index contributed by atoms with van der Waals surface area (Å²) in [4.78, 5) is 55.5. The van der Waals surface area contributed by atoms with E-state index in [0.29, 0.717) is 35.2 Å². The first-order chi connectivity index (χ1) is 16.4. The van der Waals surface area contributed by atoms with Crippen molar-refractivity contribution in [2.75, 3.05) is 19.9 Å². The molecule has 4 amide bonds. The van der Waals surface area contributed by atoms with E-state index in [1.54, 1.807) is 65.6 Å². The Hall–Kier alpha value is -4.17. The van der Waals surface area contributed by atoms with E-state index >= 15 is 0 Å². The van der Waals surface area contributed by atoms with Crippen LogP contribution < -0.4 is 0 Å². The van der Waals surface area contributed by atoms with Gasteiger partial charge in [-0.1, -0.05) is 36.4 Å². The second kappa shape index (κ2) is 8.64. The fourth-order valence-corrected chi connectivity index (χ4v) is 4.26. The van der Waals surface area contributed by atoms with Crippen molar-refractivity contribution in [1.29, 1.82) is 0 Å². The molecule has 3 aromatic carbocycles. The van der Waals surface area contributed by atoms with E-state index in [-0.39, 0.29) is 19.2 Å². The Morgan fingerprint density at radius 1 is 0.588 bits per heavy atom. The zero-order valence-corrected chi connectivity index (χ0v) is 18.1. The molecule has 0 fully saturated rings.